The number of rotatable bonds is 1. The molecule has 0 saturated heterocycles. The lowest BCUT2D eigenvalue weighted by molar-refractivity contribution is 0.171. The average Bonchev–Trinajstić information content (AvgIpc) is 2.47. The van der Waals surface area contributed by atoms with Crippen LogP contribution in [0.15, 0.2) is 12.1 Å². The van der Waals surface area contributed by atoms with Crippen LogP contribution in [0.25, 0.3) is 0 Å². The third-order valence-electron chi connectivity index (χ3n) is 2.57. The molecule has 2 rings (SSSR count). The summed E-state index contributed by atoms with van der Waals surface area (Å²) < 4.78 is 30.9. The maximum Gasteiger partial charge on any atom is 0.162 e. The van der Waals surface area contributed by atoms with Crippen molar-refractivity contribution >= 4 is 0 Å². The lowest BCUT2D eigenvalue weighted by Gasteiger charge is -2.18. The topological polar surface area (TPSA) is 29.5 Å². The number of benzene rings is 1. The zero-order valence-electron chi connectivity index (χ0n) is 7.68. The molecule has 0 spiro atoms. The van der Waals surface area contributed by atoms with Gasteiger partial charge < -0.3 is 9.84 Å². The van der Waals surface area contributed by atoms with Crippen LogP contribution in [0.2, 0.25) is 0 Å². The second-order valence-corrected chi connectivity index (χ2v) is 3.77. The molecule has 1 atom stereocenters. The molecule has 4 heteroatoms. The van der Waals surface area contributed by atoms with E-state index < -0.39 is 17.0 Å². The zero-order valence-corrected chi connectivity index (χ0v) is 7.68. The summed E-state index contributed by atoms with van der Waals surface area (Å²) in [6, 6.07) is 2.11. The summed E-state index contributed by atoms with van der Waals surface area (Å²) in [6.45, 7) is 1.85. The van der Waals surface area contributed by atoms with Gasteiger partial charge in [0.05, 0.1) is 18.6 Å². The Labute approximate surface area is 80.1 Å². The Bertz CT molecular complexity index is 379. The molecule has 0 bridgehead atoms. The Morgan fingerprint density at radius 1 is 1.43 bits per heavy atom. The van der Waals surface area contributed by atoms with Gasteiger partial charge in [0.15, 0.2) is 11.6 Å². The van der Waals surface area contributed by atoms with E-state index in [2.05, 4.69) is 0 Å². The molecule has 1 aromatic rings. The molecule has 1 aliphatic heterocycles. The van der Waals surface area contributed by atoms with Gasteiger partial charge in [0.25, 0.3) is 0 Å². The average molecular weight is 200 g/mol. The molecule has 1 aliphatic rings. The van der Waals surface area contributed by atoms with Crippen molar-refractivity contribution < 1.29 is 18.6 Å². The molecular weight excluding hydrogens is 190 g/mol. The fourth-order valence-electron chi connectivity index (χ4n) is 1.57. The predicted octanol–water partition coefficient (Wildman–Crippen LogP) is 1.61. The molecule has 2 nitrogen and oxygen atoms in total. The number of hydrogen-bond donors (Lipinski definition) is 1. The monoisotopic (exact) mass is 200 g/mol. The predicted molar refractivity (Wildman–Crippen MR) is 46.3 cm³/mol. The summed E-state index contributed by atoms with van der Waals surface area (Å²) in [5.41, 5.74) is -0.0944. The molecule has 0 amide bonds. The zero-order chi connectivity index (χ0) is 10.3. The number of fused-ring (bicyclic) bond motifs is 1. The summed E-state index contributed by atoms with van der Waals surface area (Å²) in [5.74, 6) is -1.51. The van der Waals surface area contributed by atoms with E-state index in [1.54, 1.807) is 6.92 Å². The van der Waals surface area contributed by atoms with Gasteiger partial charge >= 0.3 is 0 Å². The summed E-state index contributed by atoms with van der Waals surface area (Å²) in [6.07, 6.45) is 0. The Balaban J connectivity index is 2.56. The molecule has 0 radical (unpaired) electrons. The molecule has 0 aliphatic carbocycles. The minimum absolute atomic E-state index is 0.148. The standard InChI is InChI=1S/C10H10F2O2/c1-10(4-13)5-14-9-3-8(12)7(11)2-6(9)10/h2-3,13H,4-5H2,1H3. The van der Waals surface area contributed by atoms with Gasteiger partial charge in [0.1, 0.15) is 5.75 Å². The van der Waals surface area contributed by atoms with Gasteiger partial charge in [-0.2, -0.15) is 0 Å². The van der Waals surface area contributed by atoms with E-state index in [1.165, 1.54) is 0 Å². The van der Waals surface area contributed by atoms with Crippen LogP contribution >= 0.6 is 0 Å². The largest absolute Gasteiger partial charge is 0.492 e. The second kappa shape index (κ2) is 2.92. The van der Waals surface area contributed by atoms with E-state index in [0.717, 1.165) is 12.1 Å². The van der Waals surface area contributed by atoms with Crippen LogP contribution in [-0.4, -0.2) is 18.3 Å². The van der Waals surface area contributed by atoms with Crippen LogP contribution in [0.1, 0.15) is 12.5 Å². The molecule has 76 valence electrons. The summed E-state index contributed by atoms with van der Waals surface area (Å²) >= 11 is 0. The molecule has 1 heterocycles. The van der Waals surface area contributed by atoms with Crippen LogP contribution in [0.3, 0.4) is 0 Å². The lowest BCUT2D eigenvalue weighted by atomic mass is 9.85. The van der Waals surface area contributed by atoms with Gasteiger partial charge in [-0.25, -0.2) is 8.78 Å². The number of aliphatic hydroxyl groups excluding tert-OH is 1. The van der Waals surface area contributed by atoms with Gasteiger partial charge in [-0.15, -0.1) is 0 Å². The first-order valence-corrected chi connectivity index (χ1v) is 4.30. The quantitative estimate of drug-likeness (QED) is 0.746. The third kappa shape index (κ3) is 1.18. The van der Waals surface area contributed by atoms with E-state index >= 15 is 0 Å². The normalized spacial score (nSPS) is 24.6. The number of hydrogen-bond acceptors (Lipinski definition) is 2. The van der Waals surface area contributed by atoms with Gasteiger partial charge in [-0.1, -0.05) is 0 Å². The van der Waals surface area contributed by atoms with E-state index in [1.807, 2.05) is 0 Å². The Hall–Kier alpha value is -1.16. The first-order chi connectivity index (χ1) is 6.57. The smallest absolute Gasteiger partial charge is 0.162 e. The van der Waals surface area contributed by atoms with Crippen molar-refractivity contribution in [1.82, 2.24) is 0 Å². The minimum Gasteiger partial charge on any atom is -0.492 e. The van der Waals surface area contributed by atoms with E-state index in [9.17, 15) is 8.78 Å². The van der Waals surface area contributed by atoms with Crippen LogP contribution in [-0.2, 0) is 5.41 Å². The molecule has 1 N–H and O–H groups in total. The summed E-state index contributed by atoms with van der Waals surface area (Å²) in [4.78, 5) is 0. The third-order valence-corrected chi connectivity index (χ3v) is 2.57. The Morgan fingerprint density at radius 2 is 2.07 bits per heavy atom. The first-order valence-electron chi connectivity index (χ1n) is 4.30. The van der Waals surface area contributed by atoms with Gasteiger partial charge in [0, 0.05) is 11.6 Å². The Morgan fingerprint density at radius 3 is 2.71 bits per heavy atom. The molecule has 14 heavy (non-hydrogen) atoms. The number of aliphatic hydroxyl groups is 1. The van der Waals surface area contributed by atoms with E-state index in [-0.39, 0.29) is 13.2 Å². The summed E-state index contributed by atoms with van der Waals surface area (Å²) in [7, 11) is 0. The van der Waals surface area contributed by atoms with Gasteiger partial charge in [-0.05, 0) is 13.0 Å². The van der Waals surface area contributed by atoms with Gasteiger partial charge in [-0.3, -0.25) is 0 Å². The lowest BCUT2D eigenvalue weighted by Crippen LogP contribution is -2.28. The van der Waals surface area contributed by atoms with Crippen molar-refractivity contribution in [2.75, 3.05) is 13.2 Å². The number of ether oxygens (including phenoxy) is 1. The van der Waals surface area contributed by atoms with Crippen LogP contribution < -0.4 is 4.74 Å². The summed E-state index contributed by atoms with van der Waals surface area (Å²) in [5, 5.41) is 9.14. The highest BCUT2D eigenvalue weighted by molar-refractivity contribution is 5.44. The highest BCUT2D eigenvalue weighted by Crippen LogP contribution is 2.39. The van der Waals surface area contributed by atoms with E-state index in [4.69, 9.17) is 9.84 Å². The van der Waals surface area contributed by atoms with Crippen molar-refractivity contribution in [3.8, 4) is 5.75 Å². The highest BCUT2D eigenvalue weighted by Gasteiger charge is 2.36. The van der Waals surface area contributed by atoms with Crippen LogP contribution in [0.4, 0.5) is 8.78 Å². The second-order valence-electron chi connectivity index (χ2n) is 3.77. The molecule has 0 aromatic heterocycles. The fraction of sp³-hybridized carbons (Fsp3) is 0.400. The van der Waals surface area contributed by atoms with Crippen molar-refractivity contribution in [1.29, 1.82) is 0 Å². The molecule has 0 fully saturated rings. The van der Waals surface area contributed by atoms with E-state index in [0.29, 0.717) is 11.3 Å². The van der Waals surface area contributed by atoms with Gasteiger partial charge in [0.2, 0.25) is 0 Å². The highest BCUT2D eigenvalue weighted by atomic mass is 19.2. The van der Waals surface area contributed by atoms with Crippen molar-refractivity contribution in [2.45, 2.75) is 12.3 Å². The van der Waals surface area contributed by atoms with Crippen molar-refractivity contribution in [3.63, 3.8) is 0 Å². The molecule has 1 unspecified atom stereocenters. The molecule has 0 saturated carbocycles. The SMILES string of the molecule is CC1(CO)COc2cc(F)c(F)cc21. The fourth-order valence-corrected chi connectivity index (χ4v) is 1.57. The molecule has 1 aromatic carbocycles. The maximum atomic E-state index is 12.9. The maximum absolute atomic E-state index is 12.9. The van der Waals surface area contributed by atoms with Crippen LogP contribution in [0, 0.1) is 11.6 Å². The minimum atomic E-state index is -0.925. The first kappa shape index (κ1) is 9.40. The van der Waals surface area contributed by atoms with Crippen molar-refractivity contribution in [3.05, 3.63) is 29.3 Å². The Kier molecular flexibility index (Phi) is 1.96. The number of halogens is 2. The molecular formula is C10H10F2O2. The van der Waals surface area contributed by atoms with Crippen molar-refractivity contribution in [2.24, 2.45) is 0 Å². The van der Waals surface area contributed by atoms with Crippen LogP contribution in [0.5, 0.6) is 5.75 Å².